The van der Waals surface area contributed by atoms with E-state index < -0.39 is 0 Å². The lowest BCUT2D eigenvalue weighted by atomic mass is 10.1. The van der Waals surface area contributed by atoms with Crippen molar-refractivity contribution in [3.63, 3.8) is 0 Å². The van der Waals surface area contributed by atoms with Crippen molar-refractivity contribution in [2.24, 2.45) is 0 Å². The summed E-state index contributed by atoms with van der Waals surface area (Å²) in [6.45, 7) is 2.27. The summed E-state index contributed by atoms with van der Waals surface area (Å²) in [4.78, 5) is 18.6. The van der Waals surface area contributed by atoms with Crippen molar-refractivity contribution < 1.29 is 9.90 Å². The SMILES string of the molecule is Cc1ncc(C(=O)N(C)Cc2ccc(C#CCO)cc2)s1. The summed E-state index contributed by atoms with van der Waals surface area (Å²) in [7, 11) is 1.77. The number of benzene rings is 1. The van der Waals surface area contributed by atoms with Crippen molar-refractivity contribution in [3.8, 4) is 11.8 Å². The van der Waals surface area contributed by atoms with E-state index in [1.165, 1.54) is 11.3 Å². The van der Waals surface area contributed by atoms with E-state index in [2.05, 4.69) is 16.8 Å². The zero-order valence-corrected chi connectivity index (χ0v) is 12.8. The second-order valence-electron chi connectivity index (χ2n) is 4.56. The van der Waals surface area contributed by atoms with Gasteiger partial charge in [-0.3, -0.25) is 4.79 Å². The van der Waals surface area contributed by atoms with Crippen molar-refractivity contribution in [1.29, 1.82) is 0 Å². The summed E-state index contributed by atoms with van der Waals surface area (Å²) in [5.41, 5.74) is 1.88. The average Bonchev–Trinajstić information content (AvgIpc) is 2.92. The van der Waals surface area contributed by atoms with Gasteiger partial charge in [0.05, 0.1) is 11.2 Å². The maximum Gasteiger partial charge on any atom is 0.265 e. The Hall–Kier alpha value is -2.16. The molecule has 0 aliphatic heterocycles. The number of rotatable bonds is 3. The molecule has 2 rings (SSSR count). The molecule has 2 aromatic rings. The summed E-state index contributed by atoms with van der Waals surface area (Å²) >= 11 is 1.40. The van der Waals surface area contributed by atoms with Gasteiger partial charge in [0.15, 0.2) is 0 Å². The van der Waals surface area contributed by atoms with E-state index >= 15 is 0 Å². The second kappa shape index (κ2) is 7.02. The lowest BCUT2D eigenvalue weighted by Crippen LogP contribution is -2.25. The summed E-state index contributed by atoms with van der Waals surface area (Å²) in [5, 5.41) is 9.54. The molecule has 0 aliphatic rings. The fourth-order valence-corrected chi connectivity index (χ4v) is 2.60. The van der Waals surface area contributed by atoms with E-state index in [1.54, 1.807) is 18.1 Å². The molecule has 1 heterocycles. The molecule has 5 heteroatoms. The maximum absolute atomic E-state index is 12.2. The lowest BCUT2D eigenvalue weighted by Gasteiger charge is -2.16. The molecular formula is C16H16N2O2S. The van der Waals surface area contributed by atoms with Crippen LogP contribution in [0.25, 0.3) is 0 Å². The van der Waals surface area contributed by atoms with E-state index in [-0.39, 0.29) is 12.5 Å². The van der Waals surface area contributed by atoms with E-state index in [9.17, 15) is 4.79 Å². The van der Waals surface area contributed by atoms with Gasteiger partial charge in [-0.15, -0.1) is 11.3 Å². The number of aliphatic hydroxyl groups excluding tert-OH is 1. The van der Waals surface area contributed by atoms with Crippen LogP contribution in [0.5, 0.6) is 0 Å². The summed E-state index contributed by atoms with van der Waals surface area (Å²) < 4.78 is 0. The van der Waals surface area contributed by atoms with Crippen LogP contribution in [-0.2, 0) is 6.54 Å². The Bertz CT molecular complexity index is 680. The van der Waals surface area contributed by atoms with E-state index in [0.29, 0.717) is 11.4 Å². The third-order valence-electron chi connectivity index (χ3n) is 2.86. The normalized spacial score (nSPS) is 9.86. The number of aromatic nitrogens is 1. The zero-order chi connectivity index (χ0) is 15.2. The topological polar surface area (TPSA) is 53.4 Å². The van der Waals surface area contributed by atoms with Crippen LogP contribution in [-0.4, -0.2) is 34.6 Å². The van der Waals surface area contributed by atoms with Gasteiger partial charge in [-0.05, 0) is 24.6 Å². The van der Waals surface area contributed by atoms with E-state index in [0.717, 1.165) is 16.1 Å². The number of aryl methyl sites for hydroxylation is 1. The van der Waals surface area contributed by atoms with Crippen LogP contribution in [0.15, 0.2) is 30.5 Å². The first-order valence-corrected chi connectivity index (χ1v) is 7.28. The lowest BCUT2D eigenvalue weighted by molar-refractivity contribution is 0.0789. The Morgan fingerprint density at radius 3 is 2.67 bits per heavy atom. The van der Waals surface area contributed by atoms with Crippen molar-refractivity contribution in [1.82, 2.24) is 9.88 Å². The molecular weight excluding hydrogens is 284 g/mol. The summed E-state index contributed by atoms with van der Waals surface area (Å²) in [5.74, 6) is 5.42. The van der Waals surface area contributed by atoms with Gasteiger partial charge in [-0.1, -0.05) is 24.0 Å². The molecule has 0 aliphatic carbocycles. The van der Waals surface area contributed by atoms with Crippen LogP contribution in [0.2, 0.25) is 0 Å². The third kappa shape index (κ3) is 4.15. The molecule has 0 spiro atoms. The molecule has 0 radical (unpaired) electrons. The van der Waals surface area contributed by atoms with Crippen molar-refractivity contribution in [2.75, 3.05) is 13.7 Å². The first kappa shape index (κ1) is 15.2. The van der Waals surface area contributed by atoms with Gasteiger partial charge in [0.25, 0.3) is 5.91 Å². The monoisotopic (exact) mass is 300 g/mol. The Balaban J connectivity index is 2.02. The maximum atomic E-state index is 12.2. The first-order chi connectivity index (χ1) is 10.1. The van der Waals surface area contributed by atoms with Gasteiger partial charge in [0.2, 0.25) is 0 Å². The van der Waals surface area contributed by atoms with Gasteiger partial charge < -0.3 is 10.0 Å². The number of carbonyl (C=O) groups is 1. The van der Waals surface area contributed by atoms with Crippen LogP contribution >= 0.6 is 11.3 Å². The van der Waals surface area contributed by atoms with Crippen LogP contribution in [0.4, 0.5) is 0 Å². The molecule has 1 amide bonds. The molecule has 1 aromatic carbocycles. The highest BCUT2D eigenvalue weighted by molar-refractivity contribution is 7.13. The fraction of sp³-hybridized carbons (Fsp3) is 0.250. The summed E-state index contributed by atoms with van der Waals surface area (Å²) in [6.07, 6.45) is 1.62. The fourth-order valence-electron chi connectivity index (χ4n) is 1.83. The minimum absolute atomic E-state index is 0.0234. The van der Waals surface area contributed by atoms with Gasteiger partial charge in [0, 0.05) is 19.2 Å². The molecule has 0 atom stereocenters. The Labute approximate surface area is 128 Å². The van der Waals surface area contributed by atoms with Gasteiger partial charge in [-0.2, -0.15) is 0 Å². The number of nitrogens with zero attached hydrogens (tertiary/aromatic N) is 2. The third-order valence-corrected chi connectivity index (χ3v) is 3.76. The quantitative estimate of drug-likeness (QED) is 0.883. The first-order valence-electron chi connectivity index (χ1n) is 6.46. The predicted molar refractivity (Wildman–Crippen MR) is 83.1 cm³/mol. The number of amides is 1. The number of hydrogen-bond acceptors (Lipinski definition) is 4. The molecule has 4 nitrogen and oxygen atoms in total. The molecule has 1 aromatic heterocycles. The van der Waals surface area contributed by atoms with Crippen molar-refractivity contribution in [3.05, 3.63) is 51.5 Å². The summed E-state index contributed by atoms with van der Waals surface area (Å²) in [6, 6.07) is 7.63. The predicted octanol–water partition coefficient (Wildman–Crippen LogP) is 2.07. The number of carbonyl (C=O) groups excluding carboxylic acids is 1. The Kier molecular flexibility index (Phi) is 5.09. The molecule has 0 unspecified atom stereocenters. The standard InChI is InChI=1S/C16H16N2O2S/c1-12-17-10-15(21-12)16(20)18(2)11-14-7-5-13(6-8-14)4-3-9-19/h5-8,10,19H,9,11H2,1-2H3. The minimum atomic E-state index is -0.146. The molecule has 0 saturated carbocycles. The highest BCUT2D eigenvalue weighted by Gasteiger charge is 2.14. The Morgan fingerprint density at radius 2 is 2.10 bits per heavy atom. The van der Waals surface area contributed by atoms with Crippen molar-refractivity contribution >= 4 is 17.2 Å². The molecule has 108 valence electrons. The molecule has 0 fully saturated rings. The van der Waals surface area contributed by atoms with Crippen LogP contribution in [0.3, 0.4) is 0 Å². The smallest absolute Gasteiger partial charge is 0.265 e. The van der Waals surface area contributed by atoms with E-state index in [4.69, 9.17) is 5.11 Å². The number of aliphatic hydroxyl groups is 1. The highest BCUT2D eigenvalue weighted by Crippen LogP contribution is 2.15. The largest absolute Gasteiger partial charge is 0.384 e. The Morgan fingerprint density at radius 1 is 1.38 bits per heavy atom. The van der Waals surface area contributed by atoms with Crippen LogP contribution < -0.4 is 0 Å². The average molecular weight is 300 g/mol. The van der Waals surface area contributed by atoms with Gasteiger partial charge in [0.1, 0.15) is 11.5 Å². The molecule has 0 bridgehead atoms. The molecule has 1 N–H and O–H groups in total. The van der Waals surface area contributed by atoms with Crippen LogP contribution in [0.1, 0.15) is 25.8 Å². The number of hydrogen-bond donors (Lipinski definition) is 1. The highest BCUT2D eigenvalue weighted by atomic mass is 32.1. The second-order valence-corrected chi connectivity index (χ2v) is 5.80. The molecule has 21 heavy (non-hydrogen) atoms. The minimum Gasteiger partial charge on any atom is -0.384 e. The van der Waals surface area contributed by atoms with E-state index in [1.807, 2.05) is 31.2 Å². The van der Waals surface area contributed by atoms with Gasteiger partial charge >= 0.3 is 0 Å². The molecule has 0 saturated heterocycles. The zero-order valence-electron chi connectivity index (χ0n) is 12.0. The van der Waals surface area contributed by atoms with Crippen molar-refractivity contribution in [2.45, 2.75) is 13.5 Å². The van der Waals surface area contributed by atoms with Crippen LogP contribution in [0, 0.1) is 18.8 Å². The van der Waals surface area contributed by atoms with Gasteiger partial charge in [-0.25, -0.2) is 4.98 Å². The number of thiazole rings is 1.